The highest BCUT2D eigenvalue weighted by atomic mass is 16.5. The van der Waals surface area contributed by atoms with Gasteiger partial charge in [-0.05, 0) is 32.4 Å². The van der Waals surface area contributed by atoms with Gasteiger partial charge in [-0.15, -0.1) is 0 Å². The van der Waals surface area contributed by atoms with Crippen molar-refractivity contribution >= 4 is 12.0 Å². The predicted molar refractivity (Wildman–Crippen MR) is 94.2 cm³/mol. The van der Waals surface area contributed by atoms with Gasteiger partial charge in [0.1, 0.15) is 0 Å². The molecule has 1 aromatic rings. The second-order valence-electron chi connectivity index (χ2n) is 6.38. The lowest BCUT2D eigenvalue weighted by atomic mass is 10.1. The van der Waals surface area contributed by atoms with Crippen molar-refractivity contribution in [1.82, 2.24) is 9.80 Å². The molecule has 1 aliphatic heterocycles. The van der Waals surface area contributed by atoms with Crippen molar-refractivity contribution in [2.75, 3.05) is 33.4 Å². The fourth-order valence-corrected chi connectivity index (χ4v) is 3.27. The summed E-state index contributed by atoms with van der Waals surface area (Å²) in [5.41, 5.74) is 1.86. The molecule has 1 amide bonds. The predicted octanol–water partition coefficient (Wildman–Crippen LogP) is 2.66. The maximum absolute atomic E-state index is 12.7. The maximum Gasteiger partial charge on any atom is 0.249 e. The Bertz CT molecular complexity index is 530. The topological polar surface area (TPSA) is 32.8 Å². The molecule has 0 N–H and O–H groups in total. The number of hydrogen-bond acceptors (Lipinski definition) is 3. The molecule has 0 aliphatic carbocycles. The Morgan fingerprint density at radius 3 is 2.39 bits per heavy atom. The summed E-state index contributed by atoms with van der Waals surface area (Å²) in [5.74, 6) is 0.138. The molecule has 2 atom stereocenters. The molecule has 1 heterocycles. The van der Waals surface area contributed by atoms with Crippen LogP contribution in [-0.2, 0) is 9.53 Å². The van der Waals surface area contributed by atoms with Crippen molar-refractivity contribution in [2.45, 2.75) is 32.9 Å². The molecule has 1 saturated heterocycles. The molecule has 0 spiro atoms. The van der Waals surface area contributed by atoms with Crippen LogP contribution >= 0.6 is 0 Å². The number of methoxy groups -OCH3 is 1. The van der Waals surface area contributed by atoms with Gasteiger partial charge in [-0.1, -0.05) is 30.3 Å². The first-order valence-corrected chi connectivity index (χ1v) is 8.30. The van der Waals surface area contributed by atoms with Gasteiger partial charge in [0.2, 0.25) is 5.91 Å². The van der Waals surface area contributed by atoms with E-state index >= 15 is 0 Å². The molecule has 1 aliphatic rings. The number of piperazine rings is 1. The van der Waals surface area contributed by atoms with Crippen LogP contribution in [0.2, 0.25) is 0 Å². The lowest BCUT2D eigenvalue weighted by Crippen LogP contribution is -2.58. The van der Waals surface area contributed by atoms with Crippen molar-refractivity contribution in [2.24, 2.45) is 0 Å². The molecule has 126 valence electrons. The van der Waals surface area contributed by atoms with E-state index in [4.69, 9.17) is 4.74 Å². The third-order valence-corrected chi connectivity index (χ3v) is 4.46. The van der Waals surface area contributed by atoms with Gasteiger partial charge < -0.3 is 9.64 Å². The summed E-state index contributed by atoms with van der Waals surface area (Å²) >= 11 is 0. The molecule has 4 nitrogen and oxygen atoms in total. The standard InChI is InChI=1S/C19H28N2O2/c1-15(12-18-8-6-5-7-9-18)19(22)20-13-16(2)21(10-11-23-4)17(3)14-20/h5-9,12,16-17H,10-11,13-14H2,1-4H3/b15-12+. The van der Waals surface area contributed by atoms with Gasteiger partial charge in [0.25, 0.3) is 0 Å². The third kappa shape index (κ3) is 4.66. The summed E-state index contributed by atoms with van der Waals surface area (Å²) in [5, 5.41) is 0. The van der Waals surface area contributed by atoms with Gasteiger partial charge in [-0.2, -0.15) is 0 Å². The van der Waals surface area contributed by atoms with E-state index in [1.54, 1.807) is 7.11 Å². The first kappa shape index (κ1) is 17.7. The molecule has 4 heteroatoms. The quantitative estimate of drug-likeness (QED) is 0.783. The first-order valence-electron chi connectivity index (χ1n) is 8.30. The fourth-order valence-electron chi connectivity index (χ4n) is 3.27. The number of benzene rings is 1. The number of amides is 1. The second-order valence-corrected chi connectivity index (χ2v) is 6.38. The van der Waals surface area contributed by atoms with Crippen molar-refractivity contribution in [3.05, 3.63) is 41.5 Å². The van der Waals surface area contributed by atoms with E-state index in [0.29, 0.717) is 12.1 Å². The van der Waals surface area contributed by atoms with E-state index in [2.05, 4.69) is 18.7 Å². The van der Waals surface area contributed by atoms with Crippen molar-refractivity contribution in [3.8, 4) is 0 Å². The first-order chi connectivity index (χ1) is 11.0. The van der Waals surface area contributed by atoms with Crippen LogP contribution in [0.5, 0.6) is 0 Å². The Hall–Kier alpha value is -1.65. The Balaban J connectivity index is 2.02. The second kappa shape index (κ2) is 8.27. The van der Waals surface area contributed by atoms with Crippen LogP contribution in [0, 0.1) is 0 Å². The normalized spacial score (nSPS) is 23.1. The van der Waals surface area contributed by atoms with Crippen LogP contribution in [0.1, 0.15) is 26.3 Å². The monoisotopic (exact) mass is 316 g/mol. The lowest BCUT2D eigenvalue weighted by Gasteiger charge is -2.44. The Morgan fingerprint density at radius 1 is 1.22 bits per heavy atom. The highest BCUT2D eigenvalue weighted by molar-refractivity contribution is 5.97. The minimum absolute atomic E-state index is 0.138. The molecule has 0 radical (unpaired) electrons. The zero-order valence-corrected chi connectivity index (χ0v) is 14.7. The summed E-state index contributed by atoms with van der Waals surface area (Å²) in [6.07, 6.45) is 1.97. The van der Waals surface area contributed by atoms with Crippen LogP contribution < -0.4 is 0 Å². The van der Waals surface area contributed by atoms with E-state index in [9.17, 15) is 4.79 Å². The molecule has 2 unspecified atom stereocenters. The van der Waals surface area contributed by atoms with E-state index in [1.807, 2.05) is 48.2 Å². The van der Waals surface area contributed by atoms with Gasteiger partial charge in [0, 0.05) is 44.4 Å². The summed E-state index contributed by atoms with van der Waals surface area (Å²) in [6, 6.07) is 10.7. The van der Waals surface area contributed by atoms with Crippen LogP contribution in [0.15, 0.2) is 35.9 Å². The van der Waals surface area contributed by atoms with E-state index < -0.39 is 0 Å². The van der Waals surface area contributed by atoms with Gasteiger partial charge in [0.05, 0.1) is 6.61 Å². The molecule has 2 rings (SSSR count). The van der Waals surface area contributed by atoms with Crippen molar-refractivity contribution in [3.63, 3.8) is 0 Å². The zero-order valence-electron chi connectivity index (χ0n) is 14.7. The van der Waals surface area contributed by atoms with Crippen LogP contribution in [0.4, 0.5) is 0 Å². The SMILES string of the molecule is COCCN1C(C)CN(C(=O)/C(C)=C/c2ccccc2)CC1C. The average molecular weight is 316 g/mol. The molecule has 0 saturated carbocycles. The Kier molecular flexibility index (Phi) is 6.37. The minimum atomic E-state index is 0.138. The van der Waals surface area contributed by atoms with Gasteiger partial charge in [-0.3, -0.25) is 9.69 Å². The summed E-state index contributed by atoms with van der Waals surface area (Å²) < 4.78 is 5.19. The number of carbonyl (C=O) groups excluding carboxylic acids is 1. The highest BCUT2D eigenvalue weighted by Crippen LogP contribution is 2.18. The lowest BCUT2D eigenvalue weighted by molar-refractivity contribution is -0.131. The van der Waals surface area contributed by atoms with Gasteiger partial charge in [-0.25, -0.2) is 0 Å². The molecule has 0 bridgehead atoms. The third-order valence-electron chi connectivity index (χ3n) is 4.46. The molecule has 1 aromatic carbocycles. The highest BCUT2D eigenvalue weighted by Gasteiger charge is 2.31. The van der Waals surface area contributed by atoms with Crippen molar-refractivity contribution < 1.29 is 9.53 Å². The smallest absolute Gasteiger partial charge is 0.249 e. The Morgan fingerprint density at radius 2 is 1.83 bits per heavy atom. The van der Waals surface area contributed by atoms with Crippen LogP contribution in [-0.4, -0.2) is 61.1 Å². The summed E-state index contributed by atoms with van der Waals surface area (Å²) in [6.45, 7) is 9.46. The van der Waals surface area contributed by atoms with Crippen molar-refractivity contribution in [1.29, 1.82) is 0 Å². The van der Waals surface area contributed by atoms with E-state index in [-0.39, 0.29) is 5.91 Å². The number of ether oxygens (including phenoxy) is 1. The van der Waals surface area contributed by atoms with E-state index in [0.717, 1.165) is 37.4 Å². The summed E-state index contributed by atoms with van der Waals surface area (Å²) in [4.78, 5) is 17.1. The zero-order chi connectivity index (χ0) is 16.8. The number of hydrogen-bond donors (Lipinski definition) is 0. The Labute approximate surface area is 139 Å². The molecule has 0 aromatic heterocycles. The van der Waals surface area contributed by atoms with Gasteiger partial charge in [0.15, 0.2) is 0 Å². The minimum Gasteiger partial charge on any atom is -0.383 e. The molecular weight excluding hydrogens is 288 g/mol. The number of rotatable bonds is 5. The molecule has 23 heavy (non-hydrogen) atoms. The van der Waals surface area contributed by atoms with Crippen LogP contribution in [0.3, 0.4) is 0 Å². The summed E-state index contributed by atoms with van der Waals surface area (Å²) in [7, 11) is 1.73. The average Bonchev–Trinajstić information content (AvgIpc) is 2.54. The van der Waals surface area contributed by atoms with Gasteiger partial charge >= 0.3 is 0 Å². The fraction of sp³-hybridized carbons (Fsp3) is 0.526. The van der Waals surface area contributed by atoms with E-state index in [1.165, 1.54) is 0 Å². The number of nitrogens with zero attached hydrogens (tertiary/aromatic N) is 2. The maximum atomic E-state index is 12.7. The largest absolute Gasteiger partial charge is 0.383 e. The van der Waals surface area contributed by atoms with Crippen LogP contribution in [0.25, 0.3) is 6.08 Å². The molecule has 1 fully saturated rings. The number of carbonyl (C=O) groups is 1. The molecular formula is C19H28N2O2.